The third kappa shape index (κ3) is 5.92. The predicted octanol–water partition coefficient (Wildman–Crippen LogP) is 2.82. The second kappa shape index (κ2) is 10.7. The first-order chi connectivity index (χ1) is 15.3. The zero-order chi connectivity index (χ0) is 23.1. The van der Waals surface area contributed by atoms with Crippen molar-refractivity contribution in [3.05, 3.63) is 66.0 Å². The monoisotopic (exact) mass is 462 g/mol. The van der Waals surface area contributed by atoms with Gasteiger partial charge in [0, 0.05) is 26.2 Å². The first kappa shape index (κ1) is 23.9. The van der Waals surface area contributed by atoms with Gasteiger partial charge in [-0.1, -0.05) is 30.3 Å². The molecule has 1 atom stereocenters. The molecule has 0 radical (unpaired) electrons. The van der Waals surface area contributed by atoms with Gasteiger partial charge < -0.3 is 9.64 Å². The van der Waals surface area contributed by atoms with Crippen LogP contribution in [-0.2, 0) is 30.9 Å². The number of sulfonamides is 1. The number of hydrogen-bond acceptors (Lipinski definition) is 5. The number of nitrogens with zero attached hydrogens (tertiary/aromatic N) is 2. The molecule has 3 rings (SSSR count). The van der Waals surface area contributed by atoms with Gasteiger partial charge in [0.1, 0.15) is 5.82 Å². The standard InChI is InChI=1S/C23H27FN2O5S/c1-31-22(27)13-15-25(16-18-6-3-2-4-7-18)23(28)19-8-5-14-26(17-19)32(29,30)21-11-9-20(24)10-12-21/h2-4,6-7,9-12,19H,5,8,13-17H2,1H3. The van der Waals surface area contributed by atoms with Crippen LogP contribution in [0.5, 0.6) is 0 Å². The first-order valence-corrected chi connectivity index (χ1v) is 11.9. The molecule has 1 amide bonds. The number of hydrogen-bond donors (Lipinski definition) is 0. The summed E-state index contributed by atoms with van der Waals surface area (Å²) in [4.78, 5) is 26.6. The molecule has 1 aliphatic heterocycles. The number of carbonyl (C=O) groups excluding carboxylic acids is 2. The Morgan fingerprint density at radius 2 is 1.81 bits per heavy atom. The van der Waals surface area contributed by atoms with E-state index in [2.05, 4.69) is 0 Å². The highest BCUT2D eigenvalue weighted by Gasteiger charge is 2.35. The molecule has 0 aliphatic carbocycles. The van der Waals surface area contributed by atoms with Crippen LogP contribution in [0.25, 0.3) is 0 Å². The van der Waals surface area contributed by atoms with E-state index >= 15 is 0 Å². The van der Waals surface area contributed by atoms with Crippen LogP contribution in [0.15, 0.2) is 59.5 Å². The number of esters is 1. The molecule has 1 saturated heterocycles. The third-order valence-corrected chi connectivity index (χ3v) is 7.41. The van der Waals surface area contributed by atoms with Gasteiger partial charge in [0.05, 0.1) is 24.3 Å². The van der Waals surface area contributed by atoms with Crippen molar-refractivity contribution in [1.29, 1.82) is 0 Å². The average Bonchev–Trinajstić information content (AvgIpc) is 2.82. The molecule has 1 fully saturated rings. The molecule has 0 aromatic heterocycles. The van der Waals surface area contributed by atoms with Crippen molar-refractivity contribution < 1.29 is 27.1 Å². The highest BCUT2D eigenvalue weighted by molar-refractivity contribution is 7.89. The molecular weight excluding hydrogens is 435 g/mol. The van der Waals surface area contributed by atoms with Crippen LogP contribution in [0.3, 0.4) is 0 Å². The summed E-state index contributed by atoms with van der Waals surface area (Å²) >= 11 is 0. The Bertz CT molecular complexity index is 1030. The molecule has 2 aromatic carbocycles. The van der Waals surface area contributed by atoms with Crippen molar-refractivity contribution in [1.82, 2.24) is 9.21 Å². The SMILES string of the molecule is COC(=O)CCN(Cc1ccccc1)C(=O)C1CCCN(S(=O)(=O)c2ccc(F)cc2)C1. The number of amides is 1. The van der Waals surface area contributed by atoms with Gasteiger partial charge in [-0.3, -0.25) is 9.59 Å². The minimum absolute atomic E-state index is 0.00108. The van der Waals surface area contributed by atoms with Crippen molar-refractivity contribution >= 4 is 21.9 Å². The van der Waals surface area contributed by atoms with Crippen LogP contribution < -0.4 is 0 Å². The van der Waals surface area contributed by atoms with Crippen molar-refractivity contribution in [2.45, 2.75) is 30.7 Å². The highest BCUT2D eigenvalue weighted by Crippen LogP contribution is 2.26. The normalized spacial score (nSPS) is 17.0. The van der Waals surface area contributed by atoms with E-state index in [0.717, 1.165) is 17.7 Å². The summed E-state index contributed by atoms with van der Waals surface area (Å²) in [5.74, 6) is -1.66. The molecule has 7 nitrogen and oxygen atoms in total. The third-order valence-electron chi connectivity index (χ3n) is 5.53. The van der Waals surface area contributed by atoms with E-state index in [4.69, 9.17) is 4.74 Å². The molecule has 9 heteroatoms. The summed E-state index contributed by atoms with van der Waals surface area (Å²) in [5, 5.41) is 0. The Kier molecular flexibility index (Phi) is 7.98. The van der Waals surface area contributed by atoms with Gasteiger partial charge in [-0.05, 0) is 42.7 Å². The van der Waals surface area contributed by atoms with Gasteiger partial charge in [-0.15, -0.1) is 0 Å². The Morgan fingerprint density at radius 1 is 1.12 bits per heavy atom. The molecular formula is C23H27FN2O5S. The number of ether oxygens (including phenoxy) is 1. The Labute approximate surface area is 187 Å². The van der Waals surface area contributed by atoms with Crippen LogP contribution in [0.4, 0.5) is 4.39 Å². The number of rotatable bonds is 8. The summed E-state index contributed by atoms with van der Waals surface area (Å²) < 4.78 is 45.2. The Morgan fingerprint density at radius 3 is 2.47 bits per heavy atom. The second-order valence-corrected chi connectivity index (χ2v) is 9.67. The fourth-order valence-electron chi connectivity index (χ4n) is 3.78. The van der Waals surface area contributed by atoms with E-state index in [1.54, 1.807) is 4.90 Å². The molecule has 0 N–H and O–H groups in total. The van der Waals surface area contributed by atoms with Gasteiger partial charge in [0.25, 0.3) is 0 Å². The van der Waals surface area contributed by atoms with Crippen molar-refractivity contribution in [2.75, 3.05) is 26.7 Å². The van der Waals surface area contributed by atoms with Crippen LogP contribution >= 0.6 is 0 Å². The largest absolute Gasteiger partial charge is 0.469 e. The molecule has 0 spiro atoms. The van der Waals surface area contributed by atoms with E-state index < -0.39 is 27.7 Å². The lowest BCUT2D eigenvalue weighted by molar-refractivity contribution is -0.143. The smallest absolute Gasteiger partial charge is 0.307 e. The maximum Gasteiger partial charge on any atom is 0.307 e. The summed E-state index contributed by atoms with van der Waals surface area (Å²) in [6, 6.07) is 14.1. The summed E-state index contributed by atoms with van der Waals surface area (Å²) in [6.07, 6.45) is 1.14. The van der Waals surface area contributed by atoms with Crippen LogP contribution in [0.1, 0.15) is 24.8 Å². The molecule has 1 aliphatic rings. The van der Waals surface area contributed by atoms with Gasteiger partial charge >= 0.3 is 5.97 Å². The summed E-state index contributed by atoms with van der Waals surface area (Å²) in [7, 11) is -2.54. The maximum absolute atomic E-state index is 13.4. The lowest BCUT2D eigenvalue weighted by Gasteiger charge is -2.34. The fourth-order valence-corrected chi connectivity index (χ4v) is 5.30. The summed E-state index contributed by atoms with van der Waals surface area (Å²) in [5.41, 5.74) is 0.914. The maximum atomic E-state index is 13.4. The number of piperidine rings is 1. The zero-order valence-corrected chi connectivity index (χ0v) is 18.8. The molecule has 32 heavy (non-hydrogen) atoms. The lowest BCUT2D eigenvalue weighted by atomic mass is 9.97. The van der Waals surface area contributed by atoms with Crippen LogP contribution in [0.2, 0.25) is 0 Å². The minimum Gasteiger partial charge on any atom is -0.469 e. The van der Waals surface area contributed by atoms with E-state index in [-0.39, 0.29) is 30.3 Å². The molecule has 0 saturated carbocycles. The quantitative estimate of drug-likeness (QED) is 0.564. The van der Waals surface area contributed by atoms with E-state index in [1.165, 1.54) is 23.5 Å². The molecule has 0 bridgehead atoms. The number of halogens is 1. The van der Waals surface area contributed by atoms with Crippen molar-refractivity contribution in [2.24, 2.45) is 5.92 Å². The van der Waals surface area contributed by atoms with E-state index in [9.17, 15) is 22.4 Å². The van der Waals surface area contributed by atoms with Gasteiger partial charge in [-0.2, -0.15) is 4.31 Å². The van der Waals surface area contributed by atoms with Gasteiger partial charge in [0.15, 0.2) is 0 Å². The zero-order valence-electron chi connectivity index (χ0n) is 17.9. The van der Waals surface area contributed by atoms with Crippen LogP contribution in [0, 0.1) is 11.7 Å². The minimum atomic E-state index is -3.84. The van der Waals surface area contributed by atoms with Gasteiger partial charge in [-0.25, -0.2) is 12.8 Å². The van der Waals surface area contributed by atoms with Gasteiger partial charge in [0.2, 0.25) is 15.9 Å². The average molecular weight is 463 g/mol. The molecule has 1 unspecified atom stereocenters. The molecule has 1 heterocycles. The number of benzene rings is 2. The number of carbonyl (C=O) groups is 2. The van der Waals surface area contributed by atoms with E-state index in [1.807, 2.05) is 30.3 Å². The van der Waals surface area contributed by atoms with Crippen molar-refractivity contribution in [3.8, 4) is 0 Å². The van der Waals surface area contributed by atoms with E-state index in [0.29, 0.717) is 25.9 Å². The van der Waals surface area contributed by atoms with Crippen molar-refractivity contribution in [3.63, 3.8) is 0 Å². The molecule has 2 aromatic rings. The topological polar surface area (TPSA) is 84.0 Å². The Hall–Kier alpha value is -2.78. The summed E-state index contributed by atoms with van der Waals surface area (Å²) in [6.45, 7) is 0.839. The second-order valence-electron chi connectivity index (χ2n) is 7.73. The number of methoxy groups -OCH3 is 1. The van der Waals surface area contributed by atoms with Crippen LogP contribution in [-0.4, -0.2) is 56.2 Å². The Balaban J connectivity index is 1.76. The first-order valence-electron chi connectivity index (χ1n) is 10.5. The lowest BCUT2D eigenvalue weighted by Crippen LogP contribution is -2.47. The predicted molar refractivity (Wildman–Crippen MR) is 116 cm³/mol. The molecule has 172 valence electrons. The fraction of sp³-hybridized carbons (Fsp3) is 0.391. The highest BCUT2D eigenvalue weighted by atomic mass is 32.2.